The van der Waals surface area contributed by atoms with Gasteiger partial charge in [0, 0.05) is 40.2 Å². The fourth-order valence-electron chi connectivity index (χ4n) is 6.25. The lowest BCUT2D eigenvalue weighted by Crippen LogP contribution is -2.40. The lowest BCUT2D eigenvalue weighted by Gasteiger charge is -2.32. The summed E-state index contributed by atoms with van der Waals surface area (Å²) >= 11 is 6.08. The zero-order chi connectivity index (χ0) is 29.6. The molecule has 4 aromatic rings. The molecule has 1 saturated heterocycles. The fraction of sp³-hybridized carbons (Fsp3) is 0.452. The number of β-amino-alcohol motifs (C(OH)–C–C–N with tert-alkyl or cyclic N) is 1. The Bertz CT molecular complexity index is 1590. The summed E-state index contributed by atoms with van der Waals surface area (Å²) in [5.41, 5.74) is 3.73. The van der Waals surface area contributed by atoms with Crippen molar-refractivity contribution in [3.63, 3.8) is 0 Å². The van der Waals surface area contributed by atoms with Crippen LogP contribution in [0.1, 0.15) is 54.8 Å². The van der Waals surface area contributed by atoms with E-state index in [1.54, 1.807) is 23.7 Å². The van der Waals surface area contributed by atoms with Crippen molar-refractivity contribution >= 4 is 28.5 Å². The van der Waals surface area contributed by atoms with Gasteiger partial charge in [-0.05, 0) is 82.4 Å². The lowest BCUT2D eigenvalue weighted by molar-refractivity contribution is -0.137. The molecular weight excluding hydrogens is 569 g/mol. The second kappa shape index (κ2) is 11.5. The van der Waals surface area contributed by atoms with E-state index in [0.29, 0.717) is 42.1 Å². The number of fused-ring (bicyclic) bond motifs is 2. The predicted octanol–water partition coefficient (Wildman–Crippen LogP) is 6.30. The summed E-state index contributed by atoms with van der Waals surface area (Å²) in [5, 5.41) is 16.5. The first kappa shape index (κ1) is 28.9. The van der Waals surface area contributed by atoms with Crippen LogP contribution < -0.4 is 0 Å². The molecule has 42 heavy (non-hydrogen) atoms. The number of nitrogens with zero attached hydrogens (tertiary/aromatic N) is 4. The van der Waals surface area contributed by atoms with Gasteiger partial charge < -0.3 is 14.4 Å². The molecule has 3 heterocycles. The highest BCUT2D eigenvalue weighted by Crippen LogP contribution is 2.36. The van der Waals surface area contributed by atoms with Crippen LogP contribution in [0.4, 0.5) is 13.2 Å². The van der Waals surface area contributed by atoms with Gasteiger partial charge in [0.1, 0.15) is 11.3 Å². The van der Waals surface area contributed by atoms with Gasteiger partial charge in [-0.1, -0.05) is 23.7 Å². The van der Waals surface area contributed by atoms with E-state index in [2.05, 4.69) is 9.88 Å². The number of likely N-dealkylation sites (tertiary alicyclic amines) is 1. The average Bonchev–Trinajstić information content (AvgIpc) is 3.54. The molecule has 222 valence electrons. The number of ketones is 1. The maximum atomic E-state index is 13.1. The molecular formula is C31H32ClF3N4O3. The third kappa shape index (κ3) is 5.98. The van der Waals surface area contributed by atoms with Crippen LogP contribution in [0.25, 0.3) is 22.4 Å². The van der Waals surface area contributed by atoms with Gasteiger partial charge in [0.15, 0.2) is 11.5 Å². The summed E-state index contributed by atoms with van der Waals surface area (Å²) in [7, 11) is 0. The molecule has 1 aliphatic heterocycles. The van der Waals surface area contributed by atoms with Crippen molar-refractivity contribution in [2.45, 2.75) is 63.8 Å². The highest BCUT2D eigenvalue weighted by Gasteiger charge is 2.33. The Morgan fingerprint density at radius 3 is 2.55 bits per heavy atom. The molecule has 0 spiro atoms. The van der Waals surface area contributed by atoms with E-state index in [-0.39, 0.29) is 24.2 Å². The Kier molecular flexibility index (Phi) is 7.89. The van der Waals surface area contributed by atoms with Crippen molar-refractivity contribution in [1.29, 1.82) is 0 Å². The average molecular weight is 601 g/mol. The number of hydrogen-bond donors (Lipinski definition) is 1. The molecule has 6 rings (SSSR count). The zero-order valence-corrected chi connectivity index (χ0v) is 24.0. The number of oxazole rings is 1. The number of hydrogen-bond acceptors (Lipinski definition) is 6. The molecule has 0 bridgehead atoms. The molecule has 1 fully saturated rings. The normalized spacial score (nSPS) is 19.2. The van der Waals surface area contributed by atoms with Gasteiger partial charge in [-0.2, -0.15) is 18.3 Å². The number of aliphatic hydroxyl groups excluding tert-OH is 1. The number of Topliss-reactive ketones (excluding diaryl/α,β-unsaturated/α-hetero) is 1. The first-order valence-corrected chi connectivity index (χ1v) is 14.7. The molecule has 0 saturated carbocycles. The first-order chi connectivity index (χ1) is 20.0. The van der Waals surface area contributed by atoms with Gasteiger partial charge in [0.2, 0.25) is 0 Å². The molecule has 0 radical (unpaired) electrons. The number of rotatable bonds is 7. The predicted molar refractivity (Wildman–Crippen MR) is 152 cm³/mol. The summed E-state index contributed by atoms with van der Waals surface area (Å²) in [6, 6.07) is 10.4. The Balaban J connectivity index is 1.14. The molecule has 2 aromatic heterocycles. The number of aromatic nitrogens is 3. The van der Waals surface area contributed by atoms with Crippen LogP contribution in [-0.2, 0) is 30.4 Å². The van der Waals surface area contributed by atoms with E-state index in [9.17, 15) is 23.1 Å². The number of benzene rings is 2. The fourth-order valence-corrected chi connectivity index (χ4v) is 6.41. The van der Waals surface area contributed by atoms with Crippen LogP contribution >= 0.6 is 11.6 Å². The zero-order valence-electron chi connectivity index (χ0n) is 23.2. The van der Waals surface area contributed by atoms with E-state index in [4.69, 9.17) is 21.1 Å². The van der Waals surface area contributed by atoms with Gasteiger partial charge in [-0.3, -0.25) is 9.48 Å². The van der Waals surface area contributed by atoms with Crippen molar-refractivity contribution in [1.82, 2.24) is 19.7 Å². The van der Waals surface area contributed by atoms with Gasteiger partial charge >= 0.3 is 6.18 Å². The molecule has 1 aliphatic carbocycles. The highest BCUT2D eigenvalue weighted by molar-refractivity contribution is 6.31. The van der Waals surface area contributed by atoms with E-state index in [0.717, 1.165) is 66.3 Å². The first-order valence-electron chi connectivity index (χ1n) is 14.3. The number of carbonyl (C=O) groups is 1. The van der Waals surface area contributed by atoms with Crippen LogP contribution in [-0.4, -0.2) is 56.3 Å². The highest BCUT2D eigenvalue weighted by atomic mass is 35.5. The minimum atomic E-state index is -4.42. The number of aliphatic hydroxyl groups is 1. The molecule has 2 atom stereocenters. The molecule has 7 nitrogen and oxygen atoms in total. The monoisotopic (exact) mass is 600 g/mol. The number of carbonyl (C=O) groups excluding carboxylic acids is 1. The maximum Gasteiger partial charge on any atom is 0.416 e. The third-order valence-electron chi connectivity index (χ3n) is 8.56. The van der Waals surface area contributed by atoms with Crippen LogP contribution in [0.2, 0.25) is 5.02 Å². The molecule has 11 heteroatoms. The minimum Gasteiger partial charge on any atom is -0.440 e. The van der Waals surface area contributed by atoms with Crippen LogP contribution in [0.5, 0.6) is 0 Å². The minimum absolute atomic E-state index is 0.0943. The smallest absolute Gasteiger partial charge is 0.416 e. The maximum absolute atomic E-state index is 13.1. The largest absolute Gasteiger partial charge is 0.440 e. The summed E-state index contributed by atoms with van der Waals surface area (Å²) in [5.74, 6) is 0.864. The van der Waals surface area contributed by atoms with Crippen LogP contribution in [0.15, 0.2) is 46.9 Å². The third-order valence-corrected chi connectivity index (χ3v) is 8.80. The van der Waals surface area contributed by atoms with Gasteiger partial charge in [0.25, 0.3) is 0 Å². The summed E-state index contributed by atoms with van der Waals surface area (Å²) in [6.45, 7) is 3.88. The lowest BCUT2D eigenvalue weighted by atomic mass is 9.83. The number of halogens is 4. The molecule has 2 aliphatic rings. The van der Waals surface area contributed by atoms with E-state index in [1.165, 1.54) is 12.1 Å². The van der Waals surface area contributed by atoms with Gasteiger partial charge in [-0.25, -0.2) is 4.98 Å². The van der Waals surface area contributed by atoms with Crippen molar-refractivity contribution < 1.29 is 27.5 Å². The number of piperidine rings is 1. The number of alkyl halides is 3. The standard InChI is InChI=1S/C31H32ClF3N4O3/c1-18(40)21-4-8-27-25(14-21)29(19-2-5-22(6-3-19)31(33,34)35)37-39(27)17-24(41)16-38-12-10-20(11-13-38)30-36-26-15-23(32)7-9-28(26)42-30/h2-3,5-7,9,15,20-21,24,41H,4,8,10-14,16-17H2,1H3. The SMILES string of the molecule is CC(=O)C1CCc2c(c(-c3ccc(C(F)(F)F)cc3)nn2CC(O)CN2CCC(c3nc4cc(Cl)ccc4o3)CC2)C1. The second-order valence-corrected chi connectivity index (χ2v) is 11.9. The molecule has 1 N–H and O–H groups in total. The Morgan fingerprint density at radius 1 is 1.12 bits per heavy atom. The van der Waals surface area contributed by atoms with E-state index in [1.807, 2.05) is 6.07 Å². The quantitative estimate of drug-likeness (QED) is 0.268. The summed E-state index contributed by atoms with van der Waals surface area (Å²) in [4.78, 5) is 19.0. The van der Waals surface area contributed by atoms with Crippen LogP contribution in [0.3, 0.4) is 0 Å². The Morgan fingerprint density at radius 2 is 1.86 bits per heavy atom. The Hall–Kier alpha value is -3.21. The Labute approximate surface area is 246 Å². The molecule has 0 amide bonds. The van der Waals surface area contributed by atoms with Gasteiger partial charge in [-0.15, -0.1) is 0 Å². The summed E-state index contributed by atoms with van der Waals surface area (Å²) in [6.07, 6.45) is -1.60. The van der Waals surface area contributed by atoms with E-state index < -0.39 is 17.8 Å². The summed E-state index contributed by atoms with van der Waals surface area (Å²) < 4.78 is 47.2. The van der Waals surface area contributed by atoms with Crippen LogP contribution in [0, 0.1) is 5.92 Å². The molecule has 2 unspecified atom stereocenters. The second-order valence-electron chi connectivity index (χ2n) is 11.5. The van der Waals surface area contributed by atoms with Crippen molar-refractivity contribution in [2.24, 2.45) is 5.92 Å². The van der Waals surface area contributed by atoms with Crippen molar-refractivity contribution in [2.75, 3.05) is 19.6 Å². The molecule has 2 aromatic carbocycles. The van der Waals surface area contributed by atoms with E-state index >= 15 is 0 Å². The van der Waals surface area contributed by atoms with Crippen molar-refractivity contribution in [3.8, 4) is 11.3 Å². The van der Waals surface area contributed by atoms with Gasteiger partial charge in [0.05, 0.1) is 23.9 Å². The topological polar surface area (TPSA) is 84.4 Å². The van der Waals surface area contributed by atoms with Crippen molar-refractivity contribution in [3.05, 3.63) is 70.2 Å².